The largest absolute Gasteiger partial charge is 0.492 e. The lowest BCUT2D eigenvalue weighted by atomic mass is 10.2. The van der Waals surface area contributed by atoms with Crippen LogP contribution in [0.25, 0.3) is 0 Å². The number of hydrogen-bond donors (Lipinski definition) is 1. The molecule has 3 nitrogen and oxygen atoms in total. The van der Waals surface area contributed by atoms with Crippen molar-refractivity contribution in [2.75, 3.05) is 36.1 Å². The first-order valence-electron chi connectivity index (χ1n) is 6.13. The van der Waals surface area contributed by atoms with E-state index < -0.39 is 0 Å². The van der Waals surface area contributed by atoms with Gasteiger partial charge in [0.15, 0.2) is 0 Å². The Hall–Kier alpha value is -0.870. The predicted molar refractivity (Wildman–Crippen MR) is 75.1 cm³/mol. The Morgan fingerprint density at radius 3 is 3.06 bits per heavy atom. The van der Waals surface area contributed by atoms with Crippen LogP contribution >= 0.6 is 11.8 Å². The van der Waals surface area contributed by atoms with Gasteiger partial charge in [0, 0.05) is 24.6 Å². The lowest BCUT2D eigenvalue weighted by Crippen LogP contribution is -2.47. The van der Waals surface area contributed by atoms with Gasteiger partial charge in [-0.3, -0.25) is 0 Å². The zero-order chi connectivity index (χ0) is 12.1. The first-order chi connectivity index (χ1) is 8.36. The molecule has 1 saturated heterocycles. The van der Waals surface area contributed by atoms with Gasteiger partial charge in [-0.25, -0.2) is 0 Å². The molecule has 1 heterocycles. The predicted octanol–water partition coefficient (Wildman–Crippen LogP) is 1.97. The second-order valence-corrected chi connectivity index (χ2v) is 5.21. The molecule has 1 fully saturated rings. The van der Waals surface area contributed by atoms with Crippen LogP contribution in [0.15, 0.2) is 24.3 Å². The van der Waals surface area contributed by atoms with Crippen molar-refractivity contribution in [2.24, 2.45) is 5.73 Å². The van der Waals surface area contributed by atoms with Crippen molar-refractivity contribution in [2.45, 2.75) is 13.0 Å². The van der Waals surface area contributed by atoms with Gasteiger partial charge in [0.25, 0.3) is 0 Å². The van der Waals surface area contributed by atoms with Gasteiger partial charge < -0.3 is 15.4 Å². The minimum absolute atomic E-state index is 0.426. The van der Waals surface area contributed by atoms with E-state index in [9.17, 15) is 0 Å². The van der Waals surface area contributed by atoms with Gasteiger partial charge >= 0.3 is 0 Å². The molecule has 2 N–H and O–H groups in total. The maximum absolute atomic E-state index is 5.86. The molecule has 1 aliphatic heterocycles. The Bertz CT molecular complexity index is 359. The molecule has 1 unspecified atom stereocenters. The third kappa shape index (κ3) is 2.87. The zero-order valence-electron chi connectivity index (χ0n) is 10.3. The second kappa shape index (κ2) is 6.17. The average molecular weight is 252 g/mol. The van der Waals surface area contributed by atoms with E-state index in [4.69, 9.17) is 10.5 Å². The number of ether oxygens (including phenoxy) is 1. The number of benzene rings is 1. The van der Waals surface area contributed by atoms with Crippen LogP contribution in [0.2, 0.25) is 0 Å². The summed E-state index contributed by atoms with van der Waals surface area (Å²) < 4.78 is 5.69. The van der Waals surface area contributed by atoms with Gasteiger partial charge in [0.1, 0.15) is 5.75 Å². The van der Waals surface area contributed by atoms with Gasteiger partial charge in [-0.05, 0) is 19.1 Å². The van der Waals surface area contributed by atoms with Crippen molar-refractivity contribution in [3.63, 3.8) is 0 Å². The van der Waals surface area contributed by atoms with E-state index in [-0.39, 0.29) is 0 Å². The van der Waals surface area contributed by atoms with Gasteiger partial charge in [0.05, 0.1) is 18.3 Å². The third-order valence-corrected chi connectivity index (χ3v) is 4.07. The molecular weight excluding hydrogens is 232 g/mol. The van der Waals surface area contributed by atoms with Crippen molar-refractivity contribution < 1.29 is 4.74 Å². The van der Waals surface area contributed by atoms with Crippen molar-refractivity contribution in [3.8, 4) is 5.75 Å². The number of rotatable bonds is 4. The lowest BCUT2D eigenvalue weighted by Gasteiger charge is -2.37. The quantitative estimate of drug-likeness (QED) is 0.889. The molecule has 0 aromatic heterocycles. The van der Waals surface area contributed by atoms with Crippen LogP contribution in [-0.2, 0) is 0 Å². The highest BCUT2D eigenvalue weighted by Gasteiger charge is 2.23. The highest BCUT2D eigenvalue weighted by atomic mass is 32.2. The Labute approximate surface area is 107 Å². The molecule has 17 heavy (non-hydrogen) atoms. The van der Waals surface area contributed by atoms with Crippen LogP contribution in [0.4, 0.5) is 5.69 Å². The van der Waals surface area contributed by atoms with Crippen molar-refractivity contribution >= 4 is 17.4 Å². The molecule has 1 aliphatic rings. The molecule has 1 aromatic rings. The summed E-state index contributed by atoms with van der Waals surface area (Å²) in [5.41, 5.74) is 7.04. The van der Waals surface area contributed by atoms with E-state index >= 15 is 0 Å². The Morgan fingerprint density at radius 2 is 2.29 bits per heavy atom. The fraction of sp³-hybridized carbons (Fsp3) is 0.538. The first-order valence-corrected chi connectivity index (χ1v) is 7.28. The van der Waals surface area contributed by atoms with Crippen LogP contribution < -0.4 is 15.4 Å². The highest BCUT2D eigenvalue weighted by Crippen LogP contribution is 2.32. The summed E-state index contributed by atoms with van der Waals surface area (Å²) in [5.74, 6) is 3.24. The summed E-state index contributed by atoms with van der Waals surface area (Å²) >= 11 is 1.98. The number of para-hydroxylation sites is 2. The first kappa shape index (κ1) is 12.6. The summed E-state index contributed by atoms with van der Waals surface area (Å²) in [5, 5.41) is 0. The van der Waals surface area contributed by atoms with E-state index in [1.165, 1.54) is 5.69 Å². The van der Waals surface area contributed by atoms with Crippen LogP contribution in [-0.4, -0.2) is 37.2 Å². The fourth-order valence-corrected chi connectivity index (χ4v) is 3.22. The standard InChI is InChI=1S/C13H20N2OS/c1-2-16-13-6-4-3-5-12(13)15-7-8-17-10-11(15)9-14/h3-6,11H,2,7-10,14H2,1H3. The van der Waals surface area contributed by atoms with Gasteiger partial charge in [0.2, 0.25) is 0 Å². The molecule has 1 atom stereocenters. The Kier molecular flexibility index (Phi) is 4.57. The normalized spacial score (nSPS) is 20.4. The van der Waals surface area contributed by atoms with Crippen molar-refractivity contribution in [3.05, 3.63) is 24.3 Å². The second-order valence-electron chi connectivity index (χ2n) is 4.06. The summed E-state index contributed by atoms with van der Waals surface area (Å²) in [4.78, 5) is 2.39. The van der Waals surface area contributed by atoms with E-state index in [2.05, 4.69) is 17.0 Å². The topological polar surface area (TPSA) is 38.5 Å². The van der Waals surface area contributed by atoms with E-state index in [1.807, 2.05) is 30.8 Å². The van der Waals surface area contributed by atoms with Gasteiger partial charge in [-0.2, -0.15) is 11.8 Å². The van der Waals surface area contributed by atoms with Crippen LogP contribution in [0, 0.1) is 0 Å². The lowest BCUT2D eigenvalue weighted by molar-refractivity contribution is 0.339. The third-order valence-electron chi connectivity index (χ3n) is 2.97. The highest BCUT2D eigenvalue weighted by molar-refractivity contribution is 7.99. The van der Waals surface area contributed by atoms with E-state index in [1.54, 1.807) is 0 Å². The number of thioether (sulfide) groups is 1. The maximum atomic E-state index is 5.86. The Morgan fingerprint density at radius 1 is 1.47 bits per heavy atom. The molecule has 0 aliphatic carbocycles. The minimum Gasteiger partial charge on any atom is -0.492 e. The molecule has 0 radical (unpaired) electrons. The summed E-state index contributed by atoms with van der Waals surface area (Å²) in [6, 6.07) is 8.67. The molecule has 1 aromatic carbocycles. The van der Waals surface area contributed by atoms with Crippen molar-refractivity contribution in [1.29, 1.82) is 0 Å². The number of anilines is 1. The SMILES string of the molecule is CCOc1ccccc1N1CCSCC1CN. The van der Waals surface area contributed by atoms with Gasteiger partial charge in [-0.1, -0.05) is 12.1 Å². The summed E-state index contributed by atoms with van der Waals surface area (Å²) in [6.07, 6.45) is 0. The zero-order valence-corrected chi connectivity index (χ0v) is 11.1. The van der Waals surface area contributed by atoms with Crippen LogP contribution in [0.1, 0.15) is 6.92 Å². The van der Waals surface area contributed by atoms with Crippen LogP contribution in [0.5, 0.6) is 5.75 Å². The molecule has 0 spiro atoms. The van der Waals surface area contributed by atoms with Crippen LogP contribution in [0.3, 0.4) is 0 Å². The average Bonchev–Trinajstić information content (AvgIpc) is 2.40. The van der Waals surface area contributed by atoms with Crippen molar-refractivity contribution in [1.82, 2.24) is 0 Å². The van der Waals surface area contributed by atoms with E-state index in [0.29, 0.717) is 19.2 Å². The molecule has 0 bridgehead atoms. The number of nitrogens with zero attached hydrogens (tertiary/aromatic N) is 1. The number of hydrogen-bond acceptors (Lipinski definition) is 4. The molecule has 0 saturated carbocycles. The molecule has 0 amide bonds. The molecule has 4 heteroatoms. The molecule has 94 valence electrons. The number of nitrogens with two attached hydrogens (primary N) is 1. The maximum Gasteiger partial charge on any atom is 0.142 e. The summed E-state index contributed by atoms with van der Waals surface area (Å²) in [7, 11) is 0. The smallest absolute Gasteiger partial charge is 0.142 e. The Balaban J connectivity index is 2.24. The summed E-state index contributed by atoms with van der Waals surface area (Å²) in [6.45, 7) is 4.47. The van der Waals surface area contributed by atoms with E-state index in [0.717, 1.165) is 23.8 Å². The molecular formula is C13H20N2OS. The van der Waals surface area contributed by atoms with Gasteiger partial charge in [-0.15, -0.1) is 0 Å². The minimum atomic E-state index is 0.426. The monoisotopic (exact) mass is 252 g/mol. The molecule has 2 rings (SSSR count). The fourth-order valence-electron chi connectivity index (χ4n) is 2.14.